The molecule has 1 aromatic carbocycles. The highest BCUT2D eigenvalue weighted by Gasteiger charge is 2.13. The minimum Gasteiger partial charge on any atom is -0.507 e. The van der Waals surface area contributed by atoms with Crippen molar-refractivity contribution in [3.63, 3.8) is 0 Å². The molecule has 86 valence electrons. The van der Waals surface area contributed by atoms with Gasteiger partial charge in [0.1, 0.15) is 5.75 Å². The first kappa shape index (κ1) is 10.9. The molecule has 0 bridgehead atoms. The molecule has 3 aromatic rings. The second kappa shape index (κ2) is 3.91. The summed E-state index contributed by atoms with van der Waals surface area (Å²) < 4.78 is 2.73. The largest absolute Gasteiger partial charge is 0.507 e. The maximum atomic E-state index is 9.84. The summed E-state index contributed by atoms with van der Waals surface area (Å²) in [5.74, 6) is 0.973. The number of phenols is 1. The minimum absolute atomic E-state index is 0.230. The SMILES string of the molecule is Cc1nnc2sc(-c3cc(I)ccc3O)nn12. The van der Waals surface area contributed by atoms with E-state index in [1.165, 1.54) is 11.3 Å². The van der Waals surface area contributed by atoms with Crippen LogP contribution < -0.4 is 0 Å². The Morgan fingerprint density at radius 3 is 2.94 bits per heavy atom. The van der Waals surface area contributed by atoms with E-state index < -0.39 is 0 Å². The lowest BCUT2D eigenvalue weighted by molar-refractivity contribution is 0.477. The number of hydrogen-bond acceptors (Lipinski definition) is 5. The minimum atomic E-state index is 0.230. The standard InChI is InChI=1S/C10H7IN4OS/c1-5-12-13-10-15(5)14-9(17-10)7-4-6(11)2-3-8(7)16/h2-4,16H,1H3. The Kier molecular flexibility index (Phi) is 2.51. The molecule has 5 nitrogen and oxygen atoms in total. The summed E-state index contributed by atoms with van der Waals surface area (Å²) in [6, 6.07) is 5.42. The molecule has 0 aliphatic rings. The summed E-state index contributed by atoms with van der Waals surface area (Å²) >= 11 is 3.61. The van der Waals surface area contributed by atoms with Gasteiger partial charge in [-0.2, -0.15) is 9.61 Å². The van der Waals surface area contributed by atoms with Crippen molar-refractivity contribution in [1.29, 1.82) is 0 Å². The van der Waals surface area contributed by atoms with E-state index in [-0.39, 0.29) is 5.75 Å². The molecule has 0 amide bonds. The van der Waals surface area contributed by atoms with Crippen LogP contribution in [-0.2, 0) is 0 Å². The first-order chi connectivity index (χ1) is 8.15. The van der Waals surface area contributed by atoms with Gasteiger partial charge in [-0.1, -0.05) is 11.3 Å². The fourth-order valence-corrected chi connectivity index (χ4v) is 2.90. The highest BCUT2D eigenvalue weighted by Crippen LogP contribution is 2.33. The fourth-order valence-electron chi connectivity index (χ4n) is 1.50. The van der Waals surface area contributed by atoms with Gasteiger partial charge in [-0.3, -0.25) is 0 Å². The highest BCUT2D eigenvalue weighted by atomic mass is 127. The predicted octanol–water partition coefficient (Wildman–Crippen LogP) is 2.47. The highest BCUT2D eigenvalue weighted by molar-refractivity contribution is 14.1. The van der Waals surface area contributed by atoms with E-state index in [0.717, 1.165) is 24.9 Å². The molecule has 3 rings (SSSR count). The molecule has 0 fully saturated rings. The van der Waals surface area contributed by atoms with Gasteiger partial charge in [0.05, 0.1) is 5.56 Å². The van der Waals surface area contributed by atoms with E-state index in [0.29, 0.717) is 0 Å². The van der Waals surface area contributed by atoms with Crippen molar-refractivity contribution in [3.05, 3.63) is 27.6 Å². The second-order valence-electron chi connectivity index (χ2n) is 3.51. The van der Waals surface area contributed by atoms with E-state index in [2.05, 4.69) is 37.9 Å². The molecule has 2 aromatic heterocycles. The molecule has 0 saturated carbocycles. The summed E-state index contributed by atoms with van der Waals surface area (Å²) in [6.45, 7) is 1.85. The summed E-state index contributed by atoms with van der Waals surface area (Å²) in [6.07, 6.45) is 0. The lowest BCUT2D eigenvalue weighted by atomic mass is 10.2. The van der Waals surface area contributed by atoms with Gasteiger partial charge in [0.2, 0.25) is 4.96 Å². The van der Waals surface area contributed by atoms with Crippen LogP contribution in [0.1, 0.15) is 5.82 Å². The van der Waals surface area contributed by atoms with Crippen LogP contribution in [-0.4, -0.2) is 24.9 Å². The van der Waals surface area contributed by atoms with Gasteiger partial charge in [0.15, 0.2) is 10.8 Å². The lowest BCUT2D eigenvalue weighted by Crippen LogP contribution is -1.89. The molecule has 0 unspecified atom stereocenters. The summed E-state index contributed by atoms with van der Waals surface area (Å²) in [5.41, 5.74) is 0.729. The molecular weight excluding hydrogens is 351 g/mol. The van der Waals surface area contributed by atoms with E-state index in [1.54, 1.807) is 10.6 Å². The molecule has 0 spiro atoms. The summed E-state index contributed by atoms with van der Waals surface area (Å²) in [7, 11) is 0. The predicted molar refractivity (Wildman–Crippen MR) is 73.2 cm³/mol. The number of rotatable bonds is 1. The molecule has 1 N–H and O–H groups in total. The Bertz CT molecular complexity index is 705. The van der Waals surface area contributed by atoms with Crippen LogP contribution in [0.2, 0.25) is 0 Å². The molecule has 0 saturated heterocycles. The normalized spacial score (nSPS) is 11.2. The van der Waals surface area contributed by atoms with Crippen LogP contribution in [0.4, 0.5) is 0 Å². The van der Waals surface area contributed by atoms with Gasteiger partial charge in [0, 0.05) is 3.57 Å². The van der Waals surface area contributed by atoms with Crippen LogP contribution in [0.5, 0.6) is 5.75 Å². The zero-order chi connectivity index (χ0) is 12.0. The van der Waals surface area contributed by atoms with Crippen molar-refractivity contribution < 1.29 is 5.11 Å². The van der Waals surface area contributed by atoms with Gasteiger partial charge in [0.25, 0.3) is 0 Å². The number of phenolic OH excluding ortho intramolecular Hbond substituents is 1. The molecule has 2 heterocycles. The van der Waals surface area contributed by atoms with Crippen LogP contribution in [0.25, 0.3) is 15.5 Å². The van der Waals surface area contributed by atoms with Crippen molar-refractivity contribution in [1.82, 2.24) is 19.8 Å². The van der Waals surface area contributed by atoms with Crippen molar-refractivity contribution in [3.8, 4) is 16.3 Å². The molecule has 0 aliphatic carbocycles. The quantitative estimate of drug-likeness (QED) is 0.679. The third-order valence-corrected chi connectivity index (χ3v) is 3.94. The second-order valence-corrected chi connectivity index (χ2v) is 5.71. The smallest absolute Gasteiger partial charge is 0.234 e. The van der Waals surface area contributed by atoms with E-state index >= 15 is 0 Å². The zero-order valence-corrected chi connectivity index (χ0v) is 11.7. The number of aromatic hydroxyl groups is 1. The monoisotopic (exact) mass is 358 g/mol. The van der Waals surface area contributed by atoms with E-state index in [1.807, 2.05) is 19.1 Å². The Labute approximate surface area is 114 Å². The average molecular weight is 358 g/mol. The lowest BCUT2D eigenvalue weighted by Gasteiger charge is -2.00. The van der Waals surface area contributed by atoms with Gasteiger partial charge in [-0.15, -0.1) is 10.2 Å². The Hall–Kier alpha value is -1.22. The number of benzene rings is 1. The Morgan fingerprint density at radius 1 is 1.35 bits per heavy atom. The van der Waals surface area contributed by atoms with Gasteiger partial charge in [-0.05, 0) is 47.7 Å². The zero-order valence-electron chi connectivity index (χ0n) is 8.75. The number of fused-ring (bicyclic) bond motifs is 1. The molecule has 7 heteroatoms. The molecule has 0 aliphatic heterocycles. The van der Waals surface area contributed by atoms with Gasteiger partial charge < -0.3 is 5.11 Å². The maximum absolute atomic E-state index is 9.84. The van der Waals surface area contributed by atoms with Crippen LogP contribution in [0.15, 0.2) is 18.2 Å². The number of aromatic nitrogens is 4. The molecule has 0 radical (unpaired) electrons. The number of nitrogens with zero attached hydrogens (tertiary/aromatic N) is 4. The number of halogens is 1. The van der Waals surface area contributed by atoms with Gasteiger partial charge in [-0.25, -0.2) is 0 Å². The van der Waals surface area contributed by atoms with E-state index in [9.17, 15) is 5.11 Å². The van der Waals surface area contributed by atoms with Crippen molar-refractivity contribution in [2.24, 2.45) is 0 Å². The van der Waals surface area contributed by atoms with Crippen molar-refractivity contribution in [2.45, 2.75) is 6.92 Å². The Morgan fingerprint density at radius 2 is 2.18 bits per heavy atom. The maximum Gasteiger partial charge on any atom is 0.234 e. The van der Waals surface area contributed by atoms with Crippen LogP contribution in [0.3, 0.4) is 0 Å². The third kappa shape index (κ3) is 1.78. The first-order valence-electron chi connectivity index (χ1n) is 4.83. The number of hydrogen-bond donors (Lipinski definition) is 1. The van der Waals surface area contributed by atoms with Gasteiger partial charge >= 0.3 is 0 Å². The molecule has 17 heavy (non-hydrogen) atoms. The van der Waals surface area contributed by atoms with Crippen LogP contribution >= 0.6 is 33.9 Å². The van der Waals surface area contributed by atoms with Crippen LogP contribution in [0, 0.1) is 10.5 Å². The van der Waals surface area contributed by atoms with Crippen molar-refractivity contribution >= 4 is 38.9 Å². The number of aryl methyl sites for hydroxylation is 1. The van der Waals surface area contributed by atoms with E-state index in [4.69, 9.17) is 0 Å². The first-order valence-corrected chi connectivity index (χ1v) is 6.72. The topological polar surface area (TPSA) is 63.3 Å². The molecule has 0 atom stereocenters. The fraction of sp³-hybridized carbons (Fsp3) is 0.100. The summed E-state index contributed by atoms with van der Waals surface area (Å²) in [5, 5.41) is 22.9. The Balaban J connectivity index is 2.23. The molecular formula is C10H7IN4OS. The average Bonchev–Trinajstić information content (AvgIpc) is 2.85. The third-order valence-electron chi connectivity index (χ3n) is 2.34. The van der Waals surface area contributed by atoms with Crippen molar-refractivity contribution in [2.75, 3.05) is 0 Å². The summed E-state index contributed by atoms with van der Waals surface area (Å²) in [4.78, 5) is 0.732.